The van der Waals surface area contributed by atoms with Gasteiger partial charge in [-0.2, -0.15) is 0 Å². The van der Waals surface area contributed by atoms with Gasteiger partial charge in [0.15, 0.2) is 0 Å². The number of aromatic nitrogens is 1. The molecule has 3 rings (SSSR count). The molecule has 1 aliphatic heterocycles. The number of hydrogen-bond acceptors (Lipinski definition) is 4. The van der Waals surface area contributed by atoms with Crippen LogP contribution in [0.25, 0.3) is 0 Å². The number of benzene rings is 1. The molecule has 1 amide bonds. The van der Waals surface area contributed by atoms with Gasteiger partial charge >= 0.3 is 0 Å². The number of nitrogens with zero attached hydrogens (tertiary/aromatic N) is 2. The molecule has 0 radical (unpaired) electrons. The van der Waals surface area contributed by atoms with Crippen LogP contribution in [0.1, 0.15) is 27.2 Å². The zero-order valence-corrected chi connectivity index (χ0v) is 13.9. The molecular formula is C19H23N3O2. The molecule has 0 saturated heterocycles. The molecule has 1 aromatic carbocycles. The Labute approximate surface area is 142 Å². The van der Waals surface area contributed by atoms with E-state index < -0.39 is 6.10 Å². The van der Waals surface area contributed by atoms with E-state index in [0.717, 1.165) is 19.5 Å². The van der Waals surface area contributed by atoms with Crippen LogP contribution in [0.5, 0.6) is 0 Å². The maximum atomic E-state index is 12.1. The van der Waals surface area contributed by atoms with Gasteiger partial charge < -0.3 is 10.4 Å². The van der Waals surface area contributed by atoms with Gasteiger partial charge in [0.25, 0.3) is 5.91 Å². The smallest absolute Gasteiger partial charge is 0.253 e. The molecule has 0 spiro atoms. The van der Waals surface area contributed by atoms with E-state index in [2.05, 4.69) is 39.5 Å². The van der Waals surface area contributed by atoms with Gasteiger partial charge in [0.05, 0.1) is 11.7 Å². The average molecular weight is 325 g/mol. The number of aliphatic hydroxyl groups is 1. The number of fused-ring (bicyclic) bond motifs is 1. The fourth-order valence-corrected chi connectivity index (χ4v) is 3.10. The molecular weight excluding hydrogens is 302 g/mol. The number of carbonyl (C=O) groups is 1. The van der Waals surface area contributed by atoms with Gasteiger partial charge in [-0.3, -0.25) is 14.7 Å². The predicted octanol–water partition coefficient (Wildman–Crippen LogP) is 1.54. The van der Waals surface area contributed by atoms with Crippen LogP contribution in [-0.2, 0) is 13.0 Å². The summed E-state index contributed by atoms with van der Waals surface area (Å²) >= 11 is 0. The minimum Gasteiger partial charge on any atom is -0.390 e. The fraction of sp³-hybridized carbons (Fsp3) is 0.368. The fourth-order valence-electron chi connectivity index (χ4n) is 3.10. The van der Waals surface area contributed by atoms with Crippen molar-refractivity contribution in [2.45, 2.75) is 26.0 Å². The van der Waals surface area contributed by atoms with Crippen molar-refractivity contribution in [3.63, 3.8) is 0 Å². The van der Waals surface area contributed by atoms with Crippen molar-refractivity contribution < 1.29 is 9.90 Å². The third-order valence-electron chi connectivity index (χ3n) is 4.43. The molecule has 5 nitrogen and oxygen atoms in total. The molecule has 2 heterocycles. The standard InChI is InChI=1S/C19H23N3O2/c1-14-18(7-4-9-20-14)19(24)21-11-17(23)13-22-10-8-15-5-2-3-6-16(15)12-22/h2-7,9,17,23H,8,10-13H2,1H3,(H,21,24). The lowest BCUT2D eigenvalue weighted by Gasteiger charge is -2.30. The zero-order valence-electron chi connectivity index (χ0n) is 13.9. The van der Waals surface area contributed by atoms with Crippen molar-refractivity contribution in [3.05, 3.63) is 65.0 Å². The van der Waals surface area contributed by atoms with Gasteiger partial charge in [-0.15, -0.1) is 0 Å². The maximum Gasteiger partial charge on any atom is 0.253 e. The Kier molecular flexibility index (Phi) is 5.23. The molecule has 24 heavy (non-hydrogen) atoms. The first-order chi connectivity index (χ1) is 11.6. The molecule has 2 N–H and O–H groups in total. The topological polar surface area (TPSA) is 65.5 Å². The highest BCUT2D eigenvalue weighted by atomic mass is 16.3. The Morgan fingerprint density at radius 1 is 1.29 bits per heavy atom. The number of pyridine rings is 1. The minimum absolute atomic E-state index is 0.191. The molecule has 126 valence electrons. The molecule has 0 fully saturated rings. The number of hydrogen-bond donors (Lipinski definition) is 2. The SMILES string of the molecule is Cc1ncccc1C(=O)NCC(O)CN1CCc2ccccc2C1. The first-order valence-electron chi connectivity index (χ1n) is 8.30. The molecule has 1 unspecified atom stereocenters. The Morgan fingerprint density at radius 2 is 2.08 bits per heavy atom. The van der Waals surface area contributed by atoms with Crippen LogP contribution in [0.15, 0.2) is 42.6 Å². The molecule has 5 heteroatoms. The lowest BCUT2D eigenvalue weighted by Crippen LogP contribution is -2.42. The number of aryl methyl sites for hydroxylation is 1. The van der Waals surface area contributed by atoms with Crippen molar-refractivity contribution >= 4 is 5.91 Å². The van der Waals surface area contributed by atoms with Gasteiger partial charge in [-0.25, -0.2) is 0 Å². The van der Waals surface area contributed by atoms with Crippen molar-refractivity contribution in [2.24, 2.45) is 0 Å². The van der Waals surface area contributed by atoms with Gasteiger partial charge in [0, 0.05) is 38.1 Å². The highest BCUT2D eigenvalue weighted by Gasteiger charge is 2.19. The van der Waals surface area contributed by atoms with E-state index in [-0.39, 0.29) is 12.5 Å². The number of nitrogens with one attached hydrogen (secondary N) is 1. The van der Waals surface area contributed by atoms with E-state index in [9.17, 15) is 9.90 Å². The molecule has 1 aromatic heterocycles. The summed E-state index contributed by atoms with van der Waals surface area (Å²) < 4.78 is 0. The van der Waals surface area contributed by atoms with Crippen molar-refractivity contribution in [1.82, 2.24) is 15.2 Å². The van der Waals surface area contributed by atoms with Crippen LogP contribution in [0.2, 0.25) is 0 Å². The van der Waals surface area contributed by atoms with Crippen molar-refractivity contribution in [1.29, 1.82) is 0 Å². The number of carbonyl (C=O) groups excluding carboxylic acids is 1. The number of rotatable bonds is 5. The summed E-state index contributed by atoms with van der Waals surface area (Å²) in [6, 6.07) is 11.9. The maximum absolute atomic E-state index is 12.1. The number of β-amino-alcohol motifs (C(OH)–C–C–N with tert-alkyl or cyclic N) is 1. The normalized spacial score (nSPS) is 15.6. The summed E-state index contributed by atoms with van der Waals surface area (Å²) in [7, 11) is 0. The van der Waals surface area contributed by atoms with Crippen LogP contribution in [0.3, 0.4) is 0 Å². The van der Waals surface area contributed by atoms with E-state index >= 15 is 0 Å². The summed E-state index contributed by atoms with van der Waals surface area (Å²) in [6.45, 7) is 4.38. The van der Waals surface area contributed by atoms with E-state index in [0.29, 0.717) is 17.8 Å². The van der Waals surface area contributed by atoms with E-state index in [1.165, 1.54) is 11.1 Å². The second-order valence-corrected chi connectivity index (χ2v) is 6.25. The minimum atomic E-state index is -0.587. The largest absolute Gasteiger partial charge is 0.390 e. The summed E-state index contributed by atoms with van der Waals surface area (Å²) in [5, 5.41) is 13.0. The molecule has 1 aliphatic rings. The first kappa shape index (κ1) is 16.6. The summed E-state index contributed by atoms with van der Waals surface area (Å²) in [4.78, 5) is 18.5. The monoisotopic (exact) mass is 325 g/mol. The van der Waals surface area contributed by atoms with Crippen LogP contribution in [0, 0.1) is 6.92 Å². The highest BCUT2D eigenvalue weighted by molar-refractivity contribution is 5.95. The van der Waals surface area contributed by atoms with Gasteiger partial charge in [-0.1, -0.05) is 24.3 Å². The molecule has 2 aromatic rings. The average Bonchev–Trinajstić information content (AvgIpc) is 2.60. The zero-order chi connectivity index (χ0) is 16.9. The summed E-state index contributed by atoms with van der Waals surface area (Å²) in [6.07, 6.45) is 2.08. The molecule has 0 saturated carbocycles. The Hall–Kier alpha value is -2.24. The van der Waals surface area contributed by atoms with Gasteiger partial charge in [0.2, 0.25) is 0 Å². The van der Waals surface area contributed by atoms with Crippen LogP contribution >= 0.6 is 0 Å². The molecule has 1 atom stereocenters. The third-order valence-corrected chi connectivity index (χ3v) is 4.43. The number of amides is 1. The lowest BCUT2D eigenvalue weighted by atomic mass is 10.00. The van der Waals surface area contributed by atoms with Gasteiger partial charge in [0.1, 0.15) is 0 Å². The second-order valence-electron chi connectivity index (χ2n) is 6.25. The first-order valence-corrected chi connectivity index (χ1v) is 8.30. The van der Waals surface area contributed by atoms with Crippen LogP contribution < -0.4 is 5.32 Å². The molecule has 0 bridgehead atoms. The van der Waals surface area contributed by atoms with Gasteiger partial charge in [-0.05, 0) is 36.6 Å². The van der Waals surface area contributed by atoms with E-state index in [4.69, 9.17) is 0 Å². The van der Waals surface area contributed by atoms with Crippen molar-refractivity contribution in [2.75, 3.05) is 19.6 Å². The van der Waals surface area contributed by atoms with Crippen molar-refractivity contribution in [3.8, 4) is 0 Å². The predicted molar refractivity (Wildman–Crippen MR) is 92.7 cm³/mol. The Morgan fingerprint density at radius 3 is 2.88 bits per heavy atom. The van der Waals surface area contributed by atoms with Crippen LogP contribution in [-0.4, -0.2) is 46.6 Å². The lowest BCUT2D eigenvalue weighted by molar-refractivity contribution is 0.0841. The van der Waals surface area contributed by atoms with E-state index in [1.54, 1.807) is 25.3 Å². The summed E-state index contributed by atoms with van der Waals surface area (Å²) in [5.74, 6) is -0.191. The Bertz CT molecular complexity index is 717. The van der Waals surface area contributed by atoms with Crippen LogP contribution in [0.4, 0.5) is 0 Å². The quantitative estimate of drug-likeness (QED) is 0.875. The Balaban J connectivity index is 1.49. The number of aliphatic hydroxyl groups excluding tert-OH is 1. The highest BCUT2D eigenvalue weighted by Crippen LogP contribution is 2.18. The molecule has 0 aliphatic carbocycles. The second kappa shape index (κ2) is 7.55. The third kappa shape index (κ3) is 3.99. The summed E-state index contributed by atoms with van der Waals surface area (Å²) in [5.41, 5.74) is 3.96. The van der Waals surface area contributed by atoms with E-state index in [1.807, 2.05) is 0 Å².